The number of carbonyl (C=O) groups excluding carboxylic acids is 3. The predicted octanol–water partition coefficient (Wildman–Crippen LogP) is 12.4. The number of methoxy groups -OCH3 is 5. The second-order valence-corrected chi connectivity index (χ2v) is 29.9. The lowest BCUT2D eigenvalue weighted by molar-refractivity contribution is -0.156. The number of pyridine rings is 1. The van der Waals surface area contributed by atoms with Crippen LogP contribution in [0.1, 0.15) is 58.6 Å². The lowest BCUT2D eigenvalue weighted by Gasteiger charge is -2.19. The Balaban J connectivity index is 0.000000188. The van der Waals surface area contributed by atoms with E-state index in [9.17, 15) is 24.0 Å². The summed E-state index contributed by atoms with van der Waals surface area (Å²) < 4.78 is 41.4. The minimum Gasteiger partial charge on any atom is -0.497 e. The number of amides is 1. The van der Waals surface area contributed by atoms with Gasteiger partial charge in [0.25, 0.3) is 0 Å². The van der Waals surface area contributed by atoms with Gasteiger partial charge < -0.3 is 71.0 Å². The van der Waals surface area contributed by atoms with Gasteiger partial charge in [0.05, 0.1) is 119 Å². The van der Waals surface area contributed by atoms with E-state index in [0.29, 0.717) is 136 Å². The number of aromatic nitrogens is 13. The normalized spacial score (nSPS) is 10.8. The summed E-state index contributed by atoms with van der Waals surface area (Å²) in [5.41, 5.74) is 23.7. The summed E-state index contributed by atoms with van der Waals surface area (Å²) in [6, 6.07) is 28.9. The van der Waals surface area contributed by atoms with E-state index in [1.165, 1.54) is 74.1 Å². The minimum absolute atomic E-state index is 0.0795. The summed E-state index contributed by atoms with van der Waals surface area (Å²) in [5.74, 6) is 2.00. The highest BCUT2D eigenvalue weighted by atomic mass is 35.5. The zero-order chi connectivity index (χ0) is 88.4. The zero-order valence-corrected chi connectivity index (χ0v) is 72.3. The molecule has 121 heavy (non-hydrogen) atoms. The average Bonchev–Trinajstić information content (AvgIpc) is 1.63. The molecule has 0 spiro atoms. The molecule has 8 aromatic heterocycles. The molecule has 0 aliphatic rings. The van der Waals surface area contributed by atoms with Crippen LogP contribution >= 0.6 is 81.2 Å². The zero-order valence-electron chi connectivity index (χ0n) is 67.0. The summed E-state index contributed by atoms with van der Waals surface area (Å²) >= 11 is 42.3. The molecule has 8 heterocycles. The number of halogens is 7. The van der Waals surface area contributed by atoms with E-state index >= 15 is 0 Å². The first-order chi connectivity index (χ1) is 57.6. The van der Waals surface area contributed by atoms with Crippen LogP contribution in [-0.2, 0) is 56.6 Å². The van der Waals surface area contributed by atoms with Crippen LogP contribution in [0.3, 0.4) is 0 Å². The fourth-order valence-corrected chi connectivity index (χ4v) is 12.5. The Bertz CT molecular complexity index is 5890. The first kappa shape index (κ1) is 94.9. The van der Waals surface area contributed by atoms with Crippen LogP contribution in [0, 0.1) is 0 Å². The van der Waals surface area contributed by atoms with Crippen molar-refractivity contribution < 1.29 is 57.6 Å². The first-order valence-corrected chi connectivity index (χ1v) is 38.8. The number of hydrogen-bond acceptors (Lipinski definition) is 27. The quantitative estimate of drug-likeness (QED) is 0.0200. The van der Waals surface area contributed by atoms with Crippen LogP contribution in [0.2, 0.25) is 35.4 Å². The molecule has 0 unspecified atom stereocenters. The average molecular weight is 1790 g/mol. The van der Waals surface area contributed by atoms with Crippen molar-refractivity contribution in [2.45, 2.75) is 85.5 Å². The van der Waals surface area contributed by atoms with Crippen molar-refractivity contribution >= 4 is 134 Å². The Morgan fingerprint density at radius 2 is 0.843 bits per heavy atom. The lowest BCUT2D eigenvalue weighted by atomic mass is 9.80. The molecule has 0 radical (unpaired) electrons. The highest BCUT2D eigenvalue weighted by molar-refractivity contribution is 6.62. The molecule has 0 bridgehead atoms. The Morgan fingerprint density at radius 3 is 1.24 bits per heavy atom. The molecular formula is C81H84BCl7N18O14. The number of ether oxygens (including phenoxy) is 7. The maximum Gasteiger partial charge on any atom is 0.489 e. The molecule has 13 aromatic rings. The molecule has 0 saturated carbocycles. The van der Waals surface area contributed by atoms with Gasteiger partial charge >= 0.3 is 30.4 Å². The Morgan fingerprint density at radius 1 is 0.463 bits per heavy atom. The van der Waals surface area contributed by atoms with Gasteiger partial charge in [0, 0.05) is 127 Å². The van der Waals surface area contributed by atoms with Crippen molar-refractivity contribution in [1.29, 1.82) is 0 Å². The van der Waals surface area contributed by atoms with Crippen molar-refractivity contribution in [1.82, 2.24) is 68.1 Å². The molecule has 0 aliphatic heterocycles. The fraction of sp³-hybridized carbons (Fsp3) is 0.235. The molecule has 0 atom stereocenters. The summed E-state index contributed by atoms with van der Waals surface area (Å²) in [5, 5.41) is 26.1. The number of fused-ring (bicyclic) bond motifs is 2. The second kappa shape index (κ2) is 44.6. The van der Waals surface area contributed by atoms with Gasteiger partial charge in [0.15, 0.2) is 5.15 Å². The van der Waals surface area contributed by atoms with Crippen LogP contribution < -0.4 is 68.4 Å². The van der Waals surface area contributed by atoms with Crippen molar-refractivity contribution in [3.63, 3.8) is 0 Å². The number of nitrogens with one attached hydrogen (secondary N) is 2. The van der Waals surface area contributed by atoms with Crippen LogP contribution in [-0.4, -0.2) is 151 Å². The third kappa shape index (κ3) is 27.0. The van der Waals surface area contributed by atoms with Crippen molar-refractivity contribution in [2.75, 3.05) is 53.1 Å². The molecule has 0 saturated heterocycles. The van der Waals surface area contributed by atoms with Gasteiger partial charge in [-0.2, -0.15) is 0 Å². The third-order valence-electron chi connectivity index (χ3n) is 16.4. The number of nitrogen functional groups attached to an aromatic ring is 1. The number of carbonyl (C=O) groups is 3. The fourth-order valence-electron chi connectivity index (χ4n) is 10.9. The maximum atomic E-state index is 12.8. The third-order valence-corrected chi connectivity index (χ3v) is 18.5. The molecule has 0 aliphatic carbocycles. The van der Waals surface area contributed by atoms with Crippen LogP contribution in [0.4, 0.5) is 11.5 Å². The SMILES string of the molecule is COc1ccc(-c2nccn3c(=O)n(CC(=O)Nc4ccc(Cl)nc4N)cc23)c(Cl)c1.COc1ccc(-c2nccn3c(=O)n(CC(=O)OC(C)(C)C)cc23)c(Cl)c1.COc1ccc(-c2nccnc2CN)c(Cl)c1.COc1ccc(-c2nccnc2CNCC(=O)OC(C)(C)C)c(Cl)c1.COc1ccc(B(O)O)c(Cl)c1.NCc1nccnc1Cl. The standard InChI is InChI=1S/C20H16Cl2N6O3.C19H20ClN3O4.C18H22ClN3O3.C12H12ClN3O.C7H8BClO3.C5H6ClN3/c1-31-11-2-3-12(13(21)8-11)18-15-9-27(20(30)28(15)7-6-24-18)10-17(29)25-14-4-5-16(22)26-19(14)23;1-19(2,3)27-16(24)11-22-10-15-17(21-7-8-23(15)18(22)25)13-6-5-12(26-4)9-14(13)20;1-18(2,3)25-16(23)11-20-10-15-17(22-8-7-21-15)13-6-5-12(24-4)9-14(13)19;1-17-8-2-3-9(10(13)6-8)12-11(7-14)15-4-5-16-12;1-12-5-2-3-6(8(10)11)7(9)4-5;6-5-4(3-7)8-1-2-9-5/h2-9H,10H2,1H3,(H2,23,26)(H,25,29);5-10H,11H2,1-4H3;5-9,20H,10-11H2,1-4H3;2-6H,7,14H2,1H3;2-4,10-11H,1H3;1-2H,3,7H2. The van der Waals surface area contributed by atoms with Gasteiger partial charge in [-0.15, -0.1) is 0 Å². The van der Waals surface area contributed by atoms with E-state index in [0.717, 1.165) is 16.8 Å². The first-order valence-electron chi connectivity index (χ1n) is 36.1. The van der Waals surface area contributed by atoms with Crippen molar-refractivity contribution in [3.05, 3.63) is 251 Å². The molecule has 13 rings (SSSR count). The number of hydrogen-bond donors (Lipinski definition) is 7. The van der Waals surface area contributed by atoms with E-state index in [4.69, 9.17) is 142 Å². The van der Waals surface area contributed by atoms with Gasteiger partial charge in [0.1, 0.15) is 64.0 Å². The van der Waals surface area contributed by atoms with E-state index in [1.54, 1.807) is 153 Å². The molecule has 40 heteroatoms. The van der Waals surface area contributed by atoms with Crippen molar-refractivity contribution in [2.24, 2.45) is 11.5 Å². The molecule has 32 nitrogen and oxygen atoms in total. The number of nitrogens with zero attached hydrogens (tertiary/aromatic N) is 13. The summed E-state index contributed by atoms with van der Waals surface area (Å²) in [4.78, 5) is 99.2. The topological polar surface area (TPSA) is 427 Å². The lowest BCUT2D eigenvalue weighted by Crippen LogP contribution is -2.31. The smallest absolute Gasteiger partial charge is 0.489 e. The molecule has 0 fully saturated rings. The Hall–Kier alpha value is -11.6. The summed E-state index contributed by atoms with van der Waals surface area (Å²) in [6.45, 7) is 11.5. The highest BCUT2D eigenvalue weighted by Crippen LogP contribution is 2.36. The minimum atomic E-state index is -1.54. The van der Waals surface area contributed by atoms with E-state index < -0.39 is 35.9 Å². The van der Waals surface area contributed by atoms with Gasteiger partial charge in [-0.05, 0) is 139 Å². The van der Waals surface area contributed by atoms with E-state index in [1.807, 2.05) is 45.0 Å². The van der Waals surface area contributed by atoms with Crippen LogP contribution in [0.25, 0.3) is 56.1 Å². The molecule has 5 aromatic carbocycles. The molecule has 1 amide bonds. The van der Waals surface area contributed by atoms with Crippen molar-refractivity contribution in [3.8, 4) is 73.8 Å². The van der Waals surface area contributed by atoms with Gasteiger partial charge in [-0.3, -0.25) is 67.2 Å². The largest absolute Gasteiger partial charge is 0.497 e. The van der Waals surface area contributed by atoms with Gasteiger partial charge in [0.2, 0.25) is 5.91 Å². The van der Waals surface area contributed by atoms with Gasteiger partial charge in [-0.1, -0.05) is 87.3 Å². The highest BCUT2D eigenvalue weighted by Gasteiger charge is 2.24. The Labute approximate surface area is 729 Å². The summed E-state index contributed by atoms with van der Waals surface area (Å²) in [6.07, 6.45) is 18.7. The van der Waals surface area contributed by atoms with Gasteiger partial charge in [-0.25, -0.2) is 19.6 Å². The maximum absolute atomic E-state index is 12.8. The van der Waals surface area contributed by atoms with E-state index in [-0.39, 0.29) is 52.7 Å². The number of imidazole rings is 2. The predicted molar refractivity (Wildman–Crippen MR) is 467 cm³/mol. The van der Waals surface area contributed by atoms with Crippen LogP contribution in [0.5, 0.6) is 28.7 Å². The Kier molecular flexibility index (Phi) is 35.0. The van der Waals surface area contributed by atoms with E-state index in [2.05, 4.69) is 55.5 Å². The molecule has 10 N–H and O–H groups in total. The summed E-state index contributed by atoms with van der Waals surface area (Å²) in [7, 11) is 6.26. The molecular weight excluding hydrogens is 1710 g/mol. The number of benzene rings is 5. The number of nitrogens with two attached hydrogens (primary N) is 3. The number of anilines is 2. The van der Waals surface area contributed by atoms with Crippen LogP contribution in [0.15, 0.2) is 187 Å². The second-order valence-electron chi connectivity index (χ2n) is 27.1. The number of esters is 2. The molecule has 634 valence electrons. The number of rotatable bonds is 21. The monoisotopic (exact) mass is 1790 g/mol.